The van der Waals surface area contributed by atoms with E-state index in [2.05, 4.69) is 0 Å². The number of oxazole rings is 1. The van der Waals surface area contributed by atoms with Gasteiger partial charge in [-0.1, -0.05) is 0 Å². The van der Waals surface area contributed by atoms with Gasteiger partial charge in [0.05, 0.1) is 11.9 Å². The molecule has 1 aromatic carbocycles. The molecule has 0 amide bonds. The minimum absolute atomic E-state index is 0.113. The van der Waals surface area contributed by atoms with Crippen molar-refractivity contribution in [3.05, 3.63) is 28.7 Å². The van der Waals surface area contributed by atoms with Crippen molar-refractivity contribution in [1.82, 2.24) is 4.57 Å². The number of aryl methyl sites for hydroxylation is 1. The number of carboxylic acid groups (broad SMARTS) is 1. The number of benzene rings is 1. The van der Waals surface area contributed by atoms with Gasteiger partial charge < -0.3 is 9.52 Å². The Hall–Kier alpha value is -1.69. The lowest BCUT2D eigenvalue weighted by Crippen LogP contribution is -2.08. The zero-order valence-electron chi connectivity index (χ0n) is 9.17. The molecule has 0 saturated carbocycles. The Morgan fingerprint density at radius 1 is 1.53 bits per heavy atom. The van der Waals surface area contributed by atoms with E-state index >= 15 is 0 Å². The molecule has 1 heterocycles. The minimum atomic E-state index is -0.815. The summed E-state index contributed by atoms with van der Waals surface area (Å²) < 4.78 is 6.48. The highest BCUT2D eigenvalue weighted by Gasteiger charge is 2.06. The molecule has 0 atom stereocenters. The Labute approximate surface area is 101 Å². The molecule has 0 aliphatic rings. The van der Waals surface area contributed by atoms with Gasteiger partial charge in [0.25, 0.3) is 0 Å². The number of hydrogen-bond acceptors (Lipinski definition) is 4. The number of carboxylic acids is 1. The molecule has 2 aromatic rings. The number of nitrogens with zero attached hydrogens (tertiary/aromatic N) is 1. The summed E-state index contributed by atoms with van der Waals surface area (Å²) in [5, 5.41) is 8.53. The van der Waals surface area contributed by atoms with E-state index in [0.29, 0.717) is 11.3 Å². The van der Waals surface area contributed by atoms with E-state index in [1.807, 2.05) is 6.07 Å². The Bertz CT molecular complexity index is 613. The first kappa shape index (κ1) is 11.8. The lowest BCUT2D eigenvalue weighted by atomic mass is 10.3. The molecule has 0 aliphatic carbocycles. The van der Waals surface area contributed by atoms with Crippen molar-refractivity contribution < 1.29 is 14.3 Å². The van der Waals surface area contributed by atoms with Gasteiger partial charge in [-0.2, -0.15) is 0 Å². The van der Waals surface area contributed by atoms with Crippen molar-refractivity contribution in [2.45, 2.75) is 11.3 Å². The molecule has 0 aliphatic heterocycles. The summed E-state index contributed by atoms with van der Waals surface area (Å²) in [6, 6.07) is 5.40. The second-order valence-electron chi connectivity index (χ2n) is 3.55. The number of aliphatic carboxylic acids is 1. The van der Waals surface area contributed by atoms with Crippen molar-refractivity contribution >= 4 is 28.8 Å². The first-order chi connectivity index (χ1) is 8.08. The predicted molar refractivity (Wildman–Crippen MR) is 64.4 cm³/mol. The largest absolute Gasteiger partial charge is 0.481 e. The van der Waals surface area contributed by atoms with Crippen LogP contribution in [-0.4, -0.2) is 21.4 Å². The third-order valence-electron chi connectivity index (χ3n) is 2.35. The van der Waals surface area contributed by atoms with Crippen LogP contribution in [-0.2, 0) is 11.8 Å². The monoisotopic (exact) mass is 253 g/mol. The number of fused-ring (bicyclic) bond motifs is 1. The lowest BCUT2D eigenvalue weighted by molar-refractivity contribution is -0.136. The normalized spacial score (nSPS) is 10.9. The fourth-order valence-corrected chi connectivity index (χ4v) is 2.33. The third kappa shape index (κ3) is 2.52. The highest BCUT2D eigenvalue weighted by atomic mass is 32.2. The summed E-state index contributed by atoms with van der Waals surface area (Å²) in [6.07, 6.45) is 0.113. The van der Waals surface area contributed by atoms with E-state index in [4.69, 9.17) is 9.52 Å². The van der Waals surface area contributed by atoms with Crippen LogP contribution < -0.4 is 5.76 Å². The molecule has 1 N–H and O–H groups in total. The van der Waals surface area contributed by atoms with E-state index in [-0.39, 0.29) is 6.42 Å². The molecule has 0 bridgehead atoms. The summed E-state index contributed by atoms with van der Waals surface area (Å²) in [5.41, 5.74) is 1.26. The quantitative estimate of drug-likeness (QED) is 0.839. The van der Waals surface area contributed by atoms with Crippen LogP contribution in [0.2, 0.25) is 0 Å². The molecule has 17 heavy (non-hydrogen) atoms. The van der Waals surface area contributed by atoms with Crippen molar-refractivity contribution in [2.24, 2.45) is 7.05 Å². The molecule has 0 fully saturated rings. The highest BCUT2D eigenvalue weighted by molar-refractivity contribution is 7.99. The third-order valence-corrected chi connectivity index (χ3v) is 3.34. The number of aromatic nitrogens is 1. The van der Waals surface area contributed by atoms with Crippen molar-refractivity contribution in [1.29, 1.82) is 0 Å². The van der Waals surface area contributed by atoms with Crippen LogP contribution in [0.25, 0.3) is 11.1 Å². The molecule has 0 radical (unpaired) electrons. The maximum Gasteiger partial charge on any atom is 0.419 e. The smallest absolute Gasteiger partial charge is 0.419 e. The number of carbonyl (C=O) groups is 1. The molecule has 6 heteroatoms. The SMILES string of the molecule is Cn1c(=O)oc2cc(SCCC(=O)O)ccc21. The molecule has 0 unspecified atom stereocenters. The Morgan fingerprint density at radius 3 is 3.00 bits per heavy atom. The van der Waals surface area contributed by atoms with Gasteiger partial charge in [0.2, 0.25) is 0 Å². The number of hydrogen-bond donors (Lipinski definition) is 1. The molecule has 90 valence electrons. The van der Waals surface area contributed by atoms with Gasteiger partial charge in [-0.3, -0.25) is 9.36 Å². The van der Waals surface area contributed by atoms with Gasteiger partial charge in [0, 0.05) is 17.7 Å². The summed E-state index contributed by atoms with van der Waals surface area (Å²) in [7, 11) is 1.64. The zero-order valence-corrected chi connectivity index (χ0v) is 9.99. The van der Waals surface area contributed by atoms with E-state index in [0.717, 1.165) is 10.4 Å². The van der Waals surface area contributed by atoms with Crippen molar-refractivity contribution in [3.63, 3.8) is 0 Å². The second kappa shape index (κ2) is 4.67. The fraction of sp³-hybridized carbons (Fsp3) is 0.273. The van der Waals surface area contributed by atoms with Crippen LogP contribution in [0.4, 0.5) is 0 Å². The van der Waals surface area contributed by atoms with Crippen LogP contribution in [0.15, 0.2) is 32.3 Å². The number of rotatable bonds is 4. The Morgan fingerprint density at radius 2 is 2.29 bits per heavy atom. The van der Waals surface area contributed by atoms with Crippen molar-refractivity contribution in [3.8, 4) is 0 Å². The standard InChI is InChI=1S/C11H11NO4S/c1-12-8-3-2-7(17-5-4-10(13)14)6-9(8)16-11(12)15/h2-3,6H,4-5H2,1H3,(H,13,14). The van der Waals surface area contributed by atoms with E-state index in [9.17, 15) is 9.59 Å². The summed E-state index contributed by atoms with van der Waals surface area (Å²) in [6.45, 7) is 0. The van der Waals surface area contributed by atoms with Crippen LogP contribution in [0.3, 0.4) is 0 Å². The maximum atomic E-state index is 11.3. The molecule has 0 saturated heterocycles. The van der Waals surface area contributed by atoms with Crippen LogP contribution in [0.1, 0.15) is 6.42 Å². The summed E-state index contributed by atoms with van der Waals surface area (Å²) >= 11 is 1.43. The van der Waals surface area contributed by atoms with Gasteiger partial charge >= 0.3 is 11.7 Å². The van der Waals surface area contributed by atoms with E-state index < -0.39 is 11.7 Å². The maximum absolute atomic E-state index is 11.3. The van der Waals surface area contributed by atoms with Gasteiger partial charge in [0.15, 0.2) is 5.58 Å². The molecule has 0 spiro atoms. The van der Waals surface area contributed by atoms with Crippen LogP contribution >= 0.6 is 11.8 Å². The topological polar surface area (TPSA) is 72.4 Å². The van der Waals surface area contributed by atoms with E-state index in [1.54, 1.807) is 19.2 Å². The fourth-order valence-electron chi connectivity index (χ4n) is 1.46. The molecule has 1 aromatic heterocycles. The Balaban J connectivity index is 2.20. The minimum Gasteiger partial charge on any atom is -0.481 e. The molecular formula is C11H11NO4S. The highest BCUT2D eigenvalue weighted by Crippen LogP contribution is 2.23. The summed E-state index contributed by atoms with van der Waals surface area (Å²) in [5.74, 6) is -0.713. The average molecular weight is 253 g/mol. The average Bonchev–Trinajstić information content (AvgIpc) is 2.54. The lowest BCUT2D eigenvalue weighted by Gasteiger charge is -1.99. The first-order valence-corrected chi connectivity index (χ1v) is 6.00. The van der Waals surface area contributed by atoms with Gasteiger partial charge in [-0.25, -0.2) is 4.79 Å². The van der Waals surface area contributed by atoms with Gasteiger partial charge in [0.1, 0.15) is 0 Å². The number of thioether (sulfide) groups is 1. The molecule has 2 rings (SSSR count). The first-order valence-electron chi connectivity index (χ1n) is 5.02. The molecular weight excluding hydrogens is 242 g/mol. The van der Waals surface area contributed by atoms with Crippen LogP contribution in [0.5, 0.6) is 0 Å². The van der Waals surface area contributed by atoms with Gasteiger partial charge in [-0.15, -0.1) is 11.8 Å². The molecule has 5 nitrogen and oxygen atoms in total. The predicted octanol–water partition coefficient (Wildman–Crippen LogP) is 1.70. The second-order valence-corrected chi connectivity index (χ2v) is 4.72. The van der Waals surface area contributed by atoms with Gasteiger partial charge in [-0.05, 0) is 18.2 Å². The van der Waals surface area contributed by atoms with Crippen molar-refractivity contribution in [2.75, 3.05) is 5.75 Å². The Kier molecular flexibility index (Phi) is 3.23. The zero-order chi connectivity index (χ0) is 12.4. The summed E-state index contributed by atoms with van der Waals surface area (Å²) in [4.78, 5) is 22.5. The van der Waals surface area contributed by atoms with E-state index in [1.165, 1.54) is 16.3 Å². The van der Waals surface area contributed by atoms with Crippen LogP contribution in [0, 0.1) is 0 Å².